The highest BCUT2D eigenvalue weighted by Crippen LogP contribution is 2.20. The van der Waals surface area contributed by atoms with Gasteiger partial charge in [0.05, 0.1) is 6.54 Å². The Labute approximate surface area is 140 Å². The molecule has 1 aliphatic carbocycles. The van der Waals surface area contributed by atoms with E-state index in [2.05, 4.69) is 10.3 Å². The van der Waals surface area contributed by atoms with Crippen LogP contribution in [-0.2, 0) is 13.1 Å². The SMILES string of the molecule is CC(C)N(Cc1nc(C(=O)NC2CC2)co1)Cc1ccccc1F. The first-order valence-electron chi connectivity index (χ1n) is 8.25. The van der Waals surface area contributed by atoms with Crippen molar-refractivity contribution in [1.82, 2.24) is 15.2 Å². The van der Waals surface area contributed by atoms with Crippen molar-refractivity contribution < 1.29 is 13.6 Å². The smallest absolute Gasteiger partial charge is 0.273 e. The second-order valence-corrected chi connectivity index (χ2v) is 6.46. The van der Waals surface area contributed by atoms with E-state index < -0.39 is 0 Å². The van der Waals surface area contributed by atoms with Gasteiger partial charge in [-0.2, -0.15) is 0 Å². The third-order valence-corrected chi connectivity index (χ3v) is 4.10. The van der Waals surface area contributed by atoms with E-state index in [4.69, 9.17) is 4.42 Å². The molecule has 5 nitrogen and oxygen atoms in total. The highest BCUT2D eigenvalue weighted by molar-refractivity contribution is 5.92. The molecule has 0 bridgehead atoms. The van der Waals surface area contributed by atoms with Crippen LogP contribution in [-0.4, -0.2) is 27.9 Å². The summed E-state index contributed by atoms with van der Waals surface area (Å²) in [7, 11) is 0. The Balaban J connectivity index is 1.66. The Bertz CT molecular complexity index is 710. The second kappa shape index (κ2) is 7.13. The molecule has 0 atom stereocenters. The number of nitrogens with zero attached hydrogens (tertiary/aromatic N) is 2. The molecule has 1 saturated carbocycles. The summed E-state index contributed by atoms with van der Waals surface area (Å²) in [5, 5.41) is 2.88. The first-order chi connectivity index (χ1) is 11.5. The maximum absolute atomic E-state index is 13.9. The summed E-state index contributed by atoms with van der Waals surface area (Å²) in [4.78, 5) is 18.3. The van der Waals surface area contributed by atoms with E-state index in [1.165, 1.54) is 12.3 Å². The van der Waals surface area contributed by atoms with E-state index in [1.807, 2.05) is 24.8 Å². The van der Waals surface area contributed by atoms with Crippen molar-refractivity contribution in [2.24, 2.45) is 0 Å². The number of nitrogens with one attached hydrogen (secondary N) is 1. The highest BCUT2D eigenvalue weighted by atomic mass is 19.1. The van der Waals surface area contributed by atoms with Crippen LogP contribution in [0.1, 0.15) is 48.6 Å². The van der Waals surface area contributed by atoms with E-state index in [1.54, 1.807) is 12.1 Å². The first kappa shape index (κ1) is 16.6. The molecular weight excluding hydrogens is 309 g/mol. The molecule has 128 valence electrons. The minimum absolute atomic E-state index is 0.181. The molecule has 1 fully saturated rings. The van der Waals surface area contributed by atoms with Gasteiger partial charge in [0.1, 0.15) is 12.1 Å². The standard InChI is InChI=1S/C18H22FN3O2/c1-12(2)22(9-13-5-3-4-6-15(13)19)10-17-21-16(11-24-17)18(23)20-14-7-8-14/h3-6,11-12,14H,7-10H2,1-2H3,(H,20,23). The lowest BCUT2D eigenvalue weighted by Crippen LogP contribution is -2.30. The Morgan fingerprint density at radius 1 is 1.38 bits per heavy atom. The molecule has 1 aromatic heterocycles. The number of aromatic nitrogens is 1. The van der Waals surface area contributed by atoms with E-state index >= 15 is 0 Å². The van der Waals surface area contributed by atoms with Crippen LogP contribution in [0, 0.1) is 5.82 Å². The summed E-state index contributed by atoms with van der Waals surface area (Å²) in [6, 6.07) is 7.19. The van der Waals surface area contributed by atoms with Gasteiger partial charge in [-0.15, -0.1) is 0 Å². The van der Waals surface area contributed by atoms with E-state index in [0.29, 0.717) is 30.2 Å². The Kier molecular flexibility index (Phi) is 4.94. The summed E-state index contributed by atoms with van der Waals surface area (Å²) >= 11 is 0. The van der Waals surface area contributed by atoms with Crippen LogP contribution >= 0.6 is 0 Å². The molecule has 1 N–H and O–H groups in total. The quantitative estimate of drug-likeness (QED) is 0.847. The fourth-order valence-electron chi connectivity index (χ4n) is 2.42. The second-order valence-electron chi connectivity index (χ2n) is 6.46. The van der Waals surface area contributed by atoms with Gasteiger partial charge in [-0.3, -0.25) is 9.69 Å². The lowest BCUT2D eigenvalue weighted by molar-refractivity contribution is 0.0946. The van der Waals surface area contributed by atoms with Crippen molar-refractivity contribution in [1.29, 1.82) is 0 Å². The minimum atomic E-state index is -0.222. The Morgan fingerprint density at radius 3 is 2.79 bits per heavy atom. The molecule has 3 rings (SSSR count). The predicted molar refractivity (Wildman–Crippen MR) is 87.8 cm³/mol. The average Bonchev–Trinajstić information content (AvgIpc) is 3.23. The molecule has 0 spiro atoms. The largest absolute Gasteiger partial charge is 0.447 e. The van der Waals surface area contributed by atoms with Crippen LogP contribution in [0.5, 0.6) is 0 Å². The van der Waals surface area contributed by atoms with Crippen molar-refractivity contribution in [2.75, 3.05) is 0 Å². The molecule has 1 amide bonds. The van der Waals surface area contributed by atoms with E-state index in [9.17, 15) is 9.18 Å². The molecule has 24 heavy (non-hydrogen) atoms. The number of hydrogen-bond donors (Lipinski definition) is 1. The average molecular weight is 331 g/mol. The Hall–Kier alpha value is -2.21. The monoisotopic (exact) mass is 331 g/mol. The molecule has 0 unspecified atom stereocenters. The van der Waals surface area contributed by atoms with Gasteiger partial charge in [-0.25, -0.2) is 9.37 Å². The van der Waals surface area contributed by atoms with Crippen molar-refractivity contribution in [3.8, 4) is 0 Å². The molecular formula is C18H22FN3O2. The number of rotatable bonds is 7. The molecule has 1 heterocycles. The maximum Gasteiger partial charge on any atom is 0.273 e. The number of benzene rings is 1. The zero-order chi connectivity index (χ0) is 17.1. The summed E-state index contributed by atoms with van der Waals surface area (Å²) in [5.41, 5.74) is 0.927. The van der Waals surface area contributed by atoms with Crippen LogP contribution in [0.4, 0.5) is 4.39 Å². The molecule has 6 heteroatoms. The van der Waals surface area contributed by atoms with Gasteiger partial charge in [0.25, 0.3) is 5.91 Å². The predicted octanol–water partition coefficient (Wildman–Crippen LogP) is 3.12. The molecule has 0 saturated heterocycles. The number of oxazole rings is 1. The van der Waals surface area contributed by atoms with Gasteiger partial charge in [-0.05, 0) is 32.8 Å². The number of carbonyl (C=O) groups is 1. The van der Waals surface area contributed by atoms with Crippen LogP contribution < -0.4 is 5.32 Å². The van der Waals surface area contributed by atoms with Gasteiger partial charge in [0.15, 0.2) is 5.69 Å². The molecule has 0 radical (unpaired) electrons. The topological polar surface area (TPSA) is 58.4 Å². The number of amides is 1. The van der Waals surface area contributed by atoms with Gasteiger partial charge < -0.3 is 9.73 Å². The molecule has 0 aliphatic heterocycles. The number of hydrogen-bond acceptors (Lipinski definition) is 4. The summed E-state index contributed by atoms with van der Waals surface area (Å²) in [6.45, 7) is 4.94. The van der Waals surface area contributed by atoms with E-state index in [-0.39, 0.29) is 23.8 Å². The Morgan fingerprint density at radius 2 is 2.12 bits per heavy atom. The van der Waals surface area contributed by atoms with Crippen LogP contribution in [0.25, 0.3) is 0 Å². The molecule has 2 aromatic rings. The number of carbonyl (C=O) groups excluding carboxylic acids is 1. The van der Waals surface area contributed by atoms with Crippen molar-refractivity contribution in [3.05, 3.63) is 53.5 Å². The van der Waals surface area contributed by atoms with Crippen LogP contribution in [0.15, 0.2) is 34.9 Å². The zero-order valence-corrected chi connectivity index (χ0v) is 14.0. The van der Waals surface area contributed by atoms with Gasteiger partial charge in [-0.1, -0.05) is 18.2 Å². The summed E-state index contributed by atoms with van der Waals surface area (Å²) < 4.78 is 19.3. The highest BCUT2D eigenvalue weighted by Gasteiger charge is 2.25. The van der Waals surface area contributed by atoms with Gasteiger partial charge in [0, 0.05) is 24.2 Å². The van der Waals surface area contributed by atoms with Crippen molar-refractivity contribution in [3.63, 3.8) is 0 Å². The maximum atomic E-state index is 13.9. The van der Waals surface area contributed by atoms with Gasteiger partial charge in [0.2, 0.25) is 5.89 Å². The summed E-state index contributed by atoms with van der Waals surface area (Å²) in [5.74, 6) is 0.0405. The van der Waals surface area contributed by atoms with Gasteiger partial charge >= 0.3 is 0 Å². The lowest BCUT2D eigenvalue weighted by Gasteiger charge is -2.25. The summed E-state index contributed by atoms with van der Waals surface area (Å²) in [6.07, 6.45) is 3.44. The lowest BCUT2D eigenvalue weighted by atomic mass is 10.1. The van der Waals surface area contributed by atoms with Crippen LogP contribution in [0.3, 0.4) is 0 Å². The first-order valence-corrected chi connectivity index (χ1v) is 8.25. The van der Waals surface area contributed by atoms with Crippen LogP contribution in [0.2, 0.25) is 0 Å². The normalized spacial score (nSPS) is 14.4. The van der Waals surface area contributed by atoms with Crippen molar-refractivity contribution >= 4 is 5.91 Å². The van der Waals surface area contributed by atoms with E-state index in [0.717, 1.165) is 12.8 Å². The number of halogens is 1. The zero-order valence-electron chi connectivity index (χ0n) is 14.0. The minimum Gasteiger partial charge on any atom is -0.447 e. The third kappa shape index (κ3) is 4.20. The molecule has 1 aliphatic rings. The third-order valence-electron chi connectivity index (χ3n) is 4.10. The van der Waals surface area contributed by atoms with Crippen molar-refractivity contribution in [2.45, 2.75) is 51.9 Å². The fraction of sp³-hybridized carbons (Fsp3) is 0.444. The fourth-order valence-corrected chi connectivity index (χ4v) is 2.42. The molecule has 1 aromatic carbocycles.